The molecule has 0 spiro atoms. The van der Waals surface area contributed by atoms with Gasteiger partial charge in [-0.15, -0.1) is 0 Å². The van der Waals surface area contributed by atoms with Crippen LogP contribution in [0.2, 0.25) is 0 Å². The molecule has 21 heavy (non-hydrogen) atoms. The topological polar surface area (TPSA) is 95.9 Å². The van der Waals surface area contributed by atoms with Gasteiger partial charge in [-0.2, -0.15) is 0 Å². The van der Waals surface area contributed by atoms with E-state index in [2.05, 4.69) is 21.2 Å². The maximum atomic E-state index is 11.9. The van der Waals surface area contributed by atoms with Gasteiger partial charge >= 0.3 is 18.0 Å². The van der Waals surface area contributed by atoms with Crippen molar-refractivity contribution in [3.8, 4) is 0 Å². The van der Waals surface area contributed by atoms with Crippen molar-refractivity contribution in [3.05, 3.63) is 28.2 Å². The van der Waals surface area contributed by atoms with Gasteiger partial charge in [-0.1, -0.05) is 0 Å². The van der Waals surface area contributed by atoms with Crippen LogP contribution in [0.25, 0.3) is 0 Å². The molecule has 1 aromatic carbocycles. The van der Waals surface area contributed by atoms with Crippen LogP contribution >= 0.6 is 15.9 Å². The van der Waals surface area contributed by atoms with Gasteiger partial charge in [0.1, 0.15) is 6.54 Å². The molecule has 2 N–H and O–H groups in total. The highest BCUT2D eigenvalue weighted by Crippen LogP contribution is 2.21. The summed E-state index contributed by atoms with van der Waals surface area (Å²) >= 11 is 3.11. The number of likely N-dealkylation sites (N-methyl/N-ethyl adjacent to an activating group) is 1. The van der Waals surface area contributed by atoms with Crippen molar-refractivity contribution in [2.24, 2.45) is 0 Å². The minimum Gasteiger partial charge on any atom is -0.478 e. The van der Waals surface area contributed by atoms with Crippen LogP contribution in [0.5, 0.6) is 0 Å². The molecular weight excluding hydrogens is 344 g/mol. The molecule has 8 heteroatoms. The van der Waals surface area contributed by atoms with Gasteiger partial charge in [0.15, 0.2) is 0 Å². The molecule has 7 nitrogen and oxygen atoms in total. The average molecular weight is 359 g/mol. The number of ether oxygens (including phenoxy) is 1. The summed E-state index contributed by atoms with van der Waals surface area (Å²) in [6, 6.07) is 3.85. The Morgan fingerprint density at radius 1 is 1.38 bits per heavy atom. The van der Waals surface area contributed by atoms with Crippen LogP contribution in [0.15, 0.2) is 22.7 Å². The van der Waals surface area contributed by atoms with E-state index in [4.69, 9.17) is 9.84 Å². The highest BCUT2D eigenvalue weighted by Gasteiger charge is 2.15. The maximum Gasteiger partial charge on any atom is 0.336 e. The third-order valence-corrected chi connectivity index (χ3v) is 3.16. The van der Waals surface area contributed by atoms with Gasteiger partial charge in [-0.25, -0.2) is 9.59 Å². The number of aromatic carboxylic acids is 1. The molecule has 0 radical (unpaired) electrons. The van der Waals surface area contributed by atoms with Gasteiger partial charge in [-0.3, -0.25) is 4.79 Å². The highest BCUT2D eigenvalue weighted by molar-refractivity contribution is 9.10. The lowest BCUT2D eigenvalue weighted by Crippen LogP contribution is -2.36. The second-order valence-electron chi connectivity index (χ2n) is 4.09. The summed E-state index contributed by atoms with van der Waals surface area (Å²) in [7, 11) is 1.43. The number of benzene rings is 1. The van der Waals surface area contributed by atoms with Crippen LogP contribution in [-0.4, -0.2) is 48.2 Å². The van der Waals surface area contributed by atoms with E-state index in [9.17, 15) is 14.4 Å². The predicted octanol–water partition coefficient (Wildman–Crippen LogP) is 2.17. The lowest BCUT2D eigenvalue weighted by molar-refractivity contribution is -0.143. The zero-order valence-corrected chi connectivity index (χ0v) is 13.1. The van der Waals surface area contributed by atoms with E-state index < -0.39 is 18.0 Å². The third-order valence-electron chi connectivity index (χ3n) is 2.47. The van der Waals surface area contributed by atoms with Crippen LogP contribution in [-0.2, 0) is 9.53 Å². The quantitative estimate of drug-likeness (QED) is 0.786. The largest absolute Gasteiger partial charge is 0.478 e. The first-order valence-corrected chi connectivity index (χ1v) is 6.85. The average Bonchev–Trinajstić information content (AvgIpc) is 2.40. The van der Waals surface area contributed by atoms with Crippen molar-refractivity contribution < 1.29 is 24.2 Å². The summed E-state index contributed by atoms with van der Waals surface area (Å²) in [4.78, 5) is 35.3. The molecule has 0 aliphatic rings. The molecule has 0 aliphatic carbocycles. The highest BCUT2D eigenvalue weighted by atomic mass is 79.9. The van der Waals surface area contributed by atoms with Crippen molar-refractivity contribution in [3.63, 3.8) is 0 Å². The molecule has 114 valence electrons. The number of urea groups is 1. The van der Waals surface area contributed by atoms with Crippen molar-refractivity contribution in [1.82, 2.24) is 4.90 Å². The first kappa shape index (κ1) is 17.0. The number of nitrogens with one attached hydrogen (secondary N) is 1. The van der Waals surface area contributed by atoms with E-state index in [-0.39, 0.29) is 18.7 Å². The van der Waals surface area contributed by atoms with Crippen molar-refractivity contribution in [2.45, 2.75) is 6.92 Å². The molecule has 2 amide bonds. The number of anilines is 1. The van der Waals surface area contributed by atoms with E-state index in [0.717, 1.165) is 4.90 Å². The number of amides is 2. The number of carboxylic acid groups (broad SMARTS) is 1. The summed E-state index contributed by atoms with van der Waals surface area (Å²) in [6.07, 6.45) is 0. The first-order chi connectivity index (χ1) is 9.85. The van der Waals surface area contributed by atoms with Crippen molar-refractivity contribution in [1.29, 1.82) is 0 Å². The molecule has 0 saturated heterocycles. The Hall–Kier alpha value is -2.09. The van der Waals surface area contributed by atoms with Crippen LogP contribution in [0.1, 0.15) is 17.3 Å². The Balaban J connectivity index is 2.72. The second-order valence-corrected chi connectivity index (χ2v) is 4.95. The van der Waals surface area contributed by atoms with Crippen molar-refractivity contribution >= 4 is 39.6 Å². The van der Waals surface area contributed by atoms with E-state index in [1.165, 1.54) is 19.2 Å². The minimum absolute atomic E-state index is 0.0286. The second kappa shape index (κ2) is 7.63. The number of hydrogen-bond acceptors (Lipinski definition) is 4. The fraction of sp³-hybridized carbons (Fsp3) is 0.308. The van der Waals surface area contributed by atoms with Gasteiger partial charge in [0.05, 0.1) is 12.2 Å². The van der Waals surface area contributed by atoms with Crippen molar-refractivity contribution in [2.75, 3.05) is 25.5 Å². The standard InChI is InChI=1S/C13H15BrN2O5/c1-3-21-11(17)7-16(2)13(20)15-8-4-5-10(14)9(6-8)12(18)19/h4-6H,3,7H2,1-2H3,(H,15,20)(H,18,19). The summed E-state index contributed by atoms with van der Waals surface area (Å²) in [5.74, 6) is -1.63. The normalized spacial score (nSPS) is 9.86. The molecule has 0 unspecified atom stereocenters. The molecule has 1 rings (SSSR count). The van der Waals surface area contributed by atoms with Gasteiger partial charge < -0.3 is 20.1 Å². The fourth-order valence-corrected chi connectivity index (χ4v) is 1.87. The number of nitrogens with zero attached hydrogens (tertiary/aromatic N) is 1. The summed E-state index contributed by atoms with van der Waals surface area (Å²) in [5.41, 5.74) is 0.345. The zero-order chi connectivity index (χ0) is 16.0. The third kappa shape index (κ3) is 5.07. The first-order valence-electron chi connectivity index (χ1n) is 6.05. The SMILES string of the molecule is CCOC(=O)CN(C)C(=O)Nc1ccc(Br)c(C(=O)O)c1. The van der Waals surface area contributed by atoms with E-state index in [1.807, 2.05) is 0 Å². The molecule has 1 aromatic rings. The number of rotatable bonds is 5. The molecule has 0 aliphatic heterocycles. The minimum atomic E-state index is -1.11. The molecule has 0 bridgehead atoms. The molecule has 0 atom stereocenters. The van der Waals surface area contributed by atoms with Gasteiger partial charge in [0.25, 0.3) is 0 Å². The predicted molar refractivity (Wildman–Crippen MR) is 79.4 cm³/mol. The van der Waals surface area contributed by atoms with E-state index in [1.54, 1.807) is 13.0 Å². The Morgan fingerprint density at radius 3 is 2.62 bits per heavy atom. The number of halogens is 1. The summed E-state index contributed by atoms with van der Waals surface area (Å²) < 4.78 is 5.14. The van der Waals surface area contributed by atoms with E-state index in [0.29, 0.717) is 10.2 Å². The smallest absolute Gasteiger partial charge is 0.336 e. The van der Waals surface area contributed by atoms with Gasteiger partial charge in [-0.05, 0) is 41.1 Å². The summed E-state index contributed by atoms with van der Waals surface area (Å²) in [5, 5.41) is 11.5. The summed E-state index contributed by atoms with van der Waals surface area (Å²) in [6.45, 7) is 1.72. The van der Waals surface area contributed by atoms with Crippen LogP contribution < -0.4 is 5.32 Å². The number of hydrogen-bond donors (Lipinski definition) is 2. The fourth-order valence-electron chi connectivity index (χ4n) is 1.46. The Bertz CT molecular complexity index is 561. The molecule has 0 aromatic heterocycles. The molecule has 0 saturated carbocycles. The number of carbonyl (C=O) groups is 3. The number of esters is 1. The Kier molecular flexibility index (Phi) is 6.16. The maximum absolute atomic E-state index is 11.9. The zero-order valence-electron chi connectivity index (χ0n) is 11.6. The Morgan fingerprint density at radius 2 is 2.05 bits per heavy atom. The number of carboxylic acids is 1. The van der Waals surface area contributed by atoms with Gasteiger partial charge in [0, 0.05) is 17.2 Å². The van der Waals surface area contributed by atoms with Crippen LogP contribution in [0, 0.1) is 0 Å². The lowest BCUT2D eigenvalue weighted by atomic mass is 10.2. The van der Waals surface area contributed by atoms with Crippen LogP contribution in [0.4, 0.5) is 10.5 Å². The molecule has 0 fully saturated rings. The van der Waals surface area contributed by atoms with Gasteiger partial charge in [0.2, 0.25) is 0 Å². The lowest BCUT2D eigenvalue weighted by Gasteiger charge is -2.17. The number of carbonyl (C=O) groups excluding carboxylic acids is 2. The van der Waals surface area contributed by atoms with E-state index >= 15 is 0 Å². The van der Waals surface area contributed by atoms with Crippen LogP contribution in [0.3, 0.4) is 0 Å². The Labute approximate surface area is 130 Å². The molecule has 0 heterocycles. The molecular formula is C13H15BrN2O5. The monoisotopic (exact) mass is 358 g/mol.